The van der Waals surface area contributed by atoms with E-state index in [1.165, 1.54) is 9.87 Å². The van der Waals surface area contributed by atoms with Crippen molar-refractivity contribution in [3.63, 3.8) is 0 Å². The van der Waals surface area contributed by atoms with Crippen molar-refractivity contribution in [2.24, 2.45) is 5.92 Å². The molecule has 1 heterocycles. The van der Waals surface area contributed by atoms with E-state index < -0.39 is 10.0 Å². The monoisotopic (exact) mass is 430 g/mol. The van der Waals surface area contributed by atoms with Crippen molar-refractivity contribution in [3.8, 4) is 5.75 Å². The van der Waals surface area contributed by atoms with Crippen LogP contribution in [-0.2, 0) is 21.2 Å². The minimum atomic E-state index is -3.55. The maximum absolute atomic E-state index is 12.9. The molecule has 1 amide bonds. The molecule has 2 aromatic rings. The summed E-state index contributed by atoms with van der Waals surface area (Å²) in [5.41, 5.74) is 1.26. The number of rotatable bonds is 9. The number of nitrogens with zero attached hydrogens (tertiary/aromatic N) is 1. The van der Waals surface area contributed by atoms with Gasteiger partial charge in [0.1, 0.15) is 5.75 Å². The molecule has 162 valence electrons. The molecule has 6 nitrogen and oxygen atoms in total. The summed E-state index contributed by atoms with van der Waals surface area (Å²) in [7, 11) is -3.55. The lowest BCUT2D eigenvalue weighted by atomic mass is 9.97. The summed E-state index contributed by atoms with van der Waals surface area (Å²) >= 11 is 0. The van der Waals surface area contributed by atoms with Crippen molar-refractivity contribution < 1.29 is 17.9 Å². The minimum absolute atomic E-state index is 0.0289. The van der Waals surface area contributed by atoms with Gasteiger partial charge in [-0.3, -0.25) is 4.79 Å². The van der Waals surface area contributed by atoms with Crippen molar-refractivity contribution in [1.29, 1.82) is 0 Å². The van der Waals surface area contributed by atoms with E-state index in [4.69, 9.17) is 4.74 Å². The fourth-order valence-electron chi connectivity index (χ4n) is 3.68. The second kappa shape index (κ2) is 10.6. The van der Waals surface area contributed by atoms with Gasteiger partial charge in [0, 0.05) is 25.6 Å². The van der Waals surface area contributed by atoms with Gasteiger partial charge >= 0.3 is 0 Å². The van der Waals surface area contributed by atoms with Crippen molar-refractivity contribution in [1.82, 2.24) is 9.62 Å². The van der Waals surface area contributed by atoms with Gasteiger partial charge < -0.3 is 10.1 Å². The Hall–Kier alpha value is -2.38. The fraction of sp³-hybridized carbons (Fsp3) is 0.435. The van der Waals surface area contributed by atoms with Gasteiger partial charge in [-0.25, -0.2) is 8.42 Å². The van der Waals surface area contributed by atoms with Gasteiger partial charge in [-0.15, -0.1) is 0 Å². The van der Waals surface area contributed by atoms with Crippen LogP contribution in [0.25, 0.3) is 0 Å². The van der Waals surface area contributed by atoms with Crippen molar-refractivity contribution in [3.05, 3.63) is 60.2 Å². The molecule has 1 saturated heterocycles. The standard InChI is InChI=1S/C23H30N2O4S/c1-2-29-21-10-12-22(13-11-21)30(27,28)25-17-14-20(15-18-25)23(26)24-16-6-9-19-7-4-3-5-8-19/h3-5,7-8,10-13,20H,2,6,9,14-18H2,1H3,(H,24,26). The number of sulfonamides is 1. The van der Waals surface area contributed by atoms with Crippen LogP contribution in [0.15, 0.2) is 59.5 Å². The highest BCUT2D eigenvalue weighted by Crippen LogP contribution is 2.25. The highest BCUT2D eigenvalue weighted by atomic mass is 32.2. The first-order chi connectivity index (χ1) is 14.5. The molecule has 0 spiro atoms. The number of hydrogen-bond acceptors (Lipinski definition) is 4. The van der Waals surface area contributed by atoms with E-state index in [1.807, 2.05) is 25.1 Å². The Balaban J connectivity index is 1.44. The van der Waals surface area contributed by atoms with E-state index in [-0.39, 0.29) is 16.7 Å². The maximum Gasteiger partial charge on any atom is 0.243 e. The topological polar surface area (TPSA) is 75.7 Å². The Labute approximate surface area is 179 Å². The number of amides is 1. The van der Waals surface area contributed by atoms with Crippen LogP contribution >= 0.6 is 0 Å². The number of aryl methyl sites for hydroxylation is 1. The second-order valence-corrected chi connectivity index (χ2v) is 9.40. The minimum Gasteiger partial charge on any atom is -0.494 e. The van der Waals surface area contributed by atoms with Crippen molar-refractivity contribution >= 4 is 15.9 Å². The lowest BCUT2D eigenvalue weighted by molar-refractivity contribution is -0.126. The average molecular weight is 431 g/mol. The molecule has 0 radical (unpaired) electrons. The van der Waals surface area contributed by atoms with Crippen LogP contribution in [0.3, 0.4) is 0 Å². The number of carbonyl (C=O) groups is 1. The molecule has 1 aliphatic rings. The average Bonchev–Trinajstić information content (AvgIpc) is 2.78. The van der Waals surface area contributed by atoms with Crippen LogP contribution in [0.5, 0.6) is 5.75 Å². The van der Waals surface area contributed by atoms with Crippen LogP contribution in [0.4, 0.5) is 0 Å². The Morgan fingerprint density at radius 1 is 1.07 bits per heavy atom. The van der Waals surface area contributed by atoms with E-state index >= 15 is 0 Å². The van der Waals surface area contributed by atoms with E-state index in [0.717, 1.165) is 12.8 Å². The van der Waals surface area contributed by atoms with Crippen molar-refractivity contribution in [2.45, 2.75) is 37.5 Å². The first kappa shape index (κ1) is 22.3. The Bertz CT molecular complexity index is 906. The zero-order chi connectivity index (χ0) is 21.4. The molecule has 30 heavy (non-hydrogen) atoms. The zero-order valence-corrected chi connectivity index (χ0v) is 18.2. The third kappa shape index (κ3) is 5.83. The molecule has 0 aliphatic carbocycles. The van der Waals surface area contributed by atoms with Gasteiger partial charge in [-0.2, -0.15) is 4.31 Å². The molecule has 0 atom stereocenters. The Kier molecular flexibility index (Phi) is 7.87. The highest BCUT2D eigenvalue weighted by Gasteiger charge is 2.31. The number of nitrogens with one attached hydrogen (secondary N) is 1. The van der Waals surface area contributed by atoms with E-state index in [2.05, 4.69) is 17.4 Å². The van der Waals surface area contributed by atoms with Crippen LogP contribution in [0, 0.1) is 5.92 Å². The highest BCUT2D eigenvalue weighted by molar-refractivity contribution is 7.89. The van der Waals surface area contributed by atoms with Crippen LogP contribution < -0.4 is 10.1 Å². The molecular formula is C23H30N2O4S. The third-order valence-electron chi connectivity index (χ3n) is 5.38. The number of hydrogen-bond donors (Lipinski definition) is 1. The molecule has 7 heteroatoms. The zero-order valence-electron chi connectivity index (χ0n) is 17.4. The number of benzene rings is 2. The first-order valence-corrected chi connectivity index (χ1v) is 12.0. The summed E-state index contributed by atoms with van der Waals surface area (Å²) in [5, 5.41) is 3.01. The molecule has 0 aromatic heterocycles. The lowest BCUT2D eigenvalue weighted by Crippen LogP contribution is -2.43. The van der Waals surface area contributed by atoms with Gasteiger partial charge in [0.25, 0.3) is 0 Å². The normalized spacial score (nSPS) is 15.6. The van der Waals surface area contributed by atoms with Gasteiger partial charge in [-0.05, 0) is 62.4 Å². The van der Waals surface area contributed by atoms with Crippen LogP contribution in [0.2, 0.25) is 0 Å². The molecule has 0 saturated carbocycles. The predicted molar refractivity (Wildman–Crippen MR) is 117 cm³/mol. The van der Waals surface area contributed by atoms with Crippen LogP contribution in [0.1, 0.15) is 31.7 Å². The maximum atomic E-state index is 12.9. The molecule has 1 N–H and O–H groups in total. The van der Waals surface area contributed by atoms with Gasteiger partial charge in [0.2, 0.25) is 15.9 Å². The summed E-state index contributed by atoms with van der Waals surface area (Å²) in [5.74, 6) is 0.550. The van der Waals surface area contributed by atoms with E-state index in [9.17, 15) is 13.2 Å². The number of ether oxygens (including phenoxy) is 1. The Morgan fingerprint density at radius 2 is 1.73 bits per heavy atom. The molecule has 0 unspecified atom stereocenters. The summed E-state index contributed by atoms with van der Waals surface area (Å²) in [6, 6.07) is 16.7. The second-order valence-electron chi connectivity index (χ2n) is 7.46. The molecule has 1 aliphatic heterocycles. The first-order valence-electron chi connectivity index (χ1n) is 10.6. The van der Waals surface area contributed by atoms with E-state index in [1.54, 1.807) is 24.3 Å². The quantitative estimate of drug-likeness (QED) is 0.620. The predicted octanol–water partition coefficient (Wildman–Crippen LogP) is 3.24. The summed E-state index contributed by atoms with van der Waals surface area (Å²) in [6.07, 6.45) is 2.90. The summed E-state index contributed by atoms with van der Waals surface area (Å²) in [4.78, 5) is 12.7. The molecule has 3 rings (SSSR count). The number of piperidine rings is 1. The largest absolute Gasteiger partial charge is 0.494 e. The smallest absolute Gasteiger partial charge is 0.243 e. The molecule has 2 aromatic carbocycles. The molecular weight excluding hydrogens is 400 g/mol. The van der Waals surface area contributed by atoms with Gasteiger partial charge in [-0.1, -0.05) is 30.3 Å². The fourth-order valence-corrected chi connectivity index (χ4v) is 5.14. The number of carbonyl (C=O) groups excluding carboxylic acids is 1. The van der Waals surface area contributed by atoms with Gasteiger partial charge in [0.05, 0.1) is 11.5 Å². The molecule has 0 bridgehead atoms. The molecule has 1 fully saturated rings. The van der Waals surface area contributed by atoms with Crippen molar-refractivity contribution in [2.75, 3.05) is 26.2 Å². The Morgan fingerprint density at radius 3 is 2.37 bits per heavy atom. The summed E-state index contributed by atoms with van der Waals surface area (Å²) in [6.45, 7) is 3.77. The summed E-state index contributed by atoms with van der Waals surface area (Å²) < 4.78 is 32.6. The van der Waals surface area contributed by atoms with Gasteiger partial charge in [0.15, 0.2) is 0 Å². The van der Waals surface area contributed by atoms with E-state index in [0.29, 0.717) is 44.8 Å². The lowest BCUT2D eigenvalue weighted by Gasteiger charge is -2.30. The van der Waals surface area contributed by atoms with Crippen LogP contribution in [-0.4, -0.2) is 44.9 Å². The SMILES string of the molecule is CCOc1ccc(S(=O)(=O)N2CCC(C(=O)NCCCc3ccccc3)CC2)cc1. The third-order valence-corrected chi connectivity index (χ3v) is 7.29.